The molecular formula is C13H19N3O. The van der Waals surface area contributed by atoms with Crippen molar-refractivity contribution < 1.29 is 4.79 Å². The molecule has 92 valence electrons. The van der Waals surface area contributed by atoms with E-state index in [2.05, 4.69) is 29.0 Å². The molecule has 1 N–H and O–H groups in total. The summed E-state index contributed by atoms with van der Waals surface area (Å²) in [6.45, 7) is 6.08. The van der Waals surface area contributed by atoms with Crippen molar-refractivity contribution in [2.75, 3.05) is 18.0 Å². The van der Waals surface area contributed by atoms with E-state index in [4.69, 9.17) is 0 Å². The molecule has 1 heterocycles. The van der Waals surface area contributed by atoms with Crippen LogP contribution in [0.5, 0.6) is 0 Å². The van der Waals surface area contributed by atoms with Gasteiger partial charge in [-0.1, -0.05) is 0 Å². The van der Waals surface area contributed by atoms with Crippen LogP contribution in [0.1, 0.15) is 37.2 Å². The SMILES string of the molecule is CCN(CC)c1ccnc(C(=O)NC2CC2)c1. The van der Waals surface area contributed by atoms with Crippen LogP contribution in [0.4, 0.5) is 5.69 Å². The van der Waals surface area contributed by atoms with Crippen molar-refractivity contribution in [3.63, 3.8) is 0 Å². The number of hydrogen-bond donors (Lipinski definition) is 1. The van der Waals surface area contributed by atoms with Gasteiger partial charge in [0.2, 0.25) is 0 Å². The first-order valence-corrected chi connectivity index (χ1v) is 6.26. The fourth-order valence-electron chi connectivity index (χ4n) is 1.82. The van der Waals surface area contributed by atoms with Crippen LogP contribution in [0.2, 0.25) is 0 Å². The minimum Gasteiger partial charge on any atom is -0.372 e. The largest absolute Gasteiger partial charge is 0.372 e. The molecule has 0 radical (unpaired) electrons. The Bertz CT molecular complexity index is 397. The quantitative estimate of drug-likeness (QED) is 0.843. The van der Waals surface area contributed by atoms with Gasteiger partial charge < -0.3 is 10.2 Å². The maximum absolute atomic E-state index is 11.9. The van der Waals surface area contributed by atoms with Crippen LogP contribution in [0.3, 0.4) is 0 Å². The Kier molecular flexibility index (Phi) is 3.61. The molecule has 0 aliphatic heterocycles. The third-order valence-corrected chi connectivity index (χ3v) is 3.02. The zero-order valence-corrected chi connectivity index (χ0v) is 10.4. The van der Waals surface area contributed by atoms with Gasteiger partial charge in [-0.25, -0.2) is 0 Å². The van der Waals surface area contributed by atoms with Crippen molar-refractivity contribution in [2.45, 2.75) is 32.7 Å². The normalized spacial score (nSPS) is 14.5. The summed E-state index contributed by atoms with van der Waals surface area (Å²) in [6, 6.07) is 4.19. The van der Waals surface area contributed by atoms with Crippen LogP contribution in [0, 0.1) is 0 Å². The maximum atomic E-state index is 11.9. The molecule has 4 heteroatoms. The van der Waals surface area contributed by atoms with E-state index >= 15 is 0 Å². The van der Waals surface area contributed by atoms with Crippen LogP contribution in [0.15, 0.2) is 18.3 Å². The lowest BCUT2D eigenvalue weighted by molar-refractivity contribution is 0.0946. The van der Waals surface area contributed by atoms with Gasteiger partial charge >= 0.3 is 0 Å². The summed E-state index contributed by atoms with van der Waals surface area (Å²) in [5.74, 6) is -0.0542. The van der Waals surface area contributed by atoms with E-state index in [9.17, 15) is 4.79 Å². The fraction of sp³-hybridized carbons (Fsp3) is 0.538. The monoisotopic (exact) mass is 233 g/mol. The first-order valence-electron chi connectivity index (χ1n) is 6.26. The number of hydrogen-bond acceptors (Lipinski definition) is 3. The second-order valence-corrected chi connectivity index (χ2v) is 4.32. The molecule has 1 aromatic heterocycles. The van der Waals surface area contributed by atoms with E-state index in [0.29, 0.717) is 11.7 Å². The summed E-state index contributed by atoms with van der Waals surface area (Å²) in [4.78, 5) is 18.2. The molecular weight excluding hydrogens is 214 g/mol. The summed E-state index contributed by atoms with van der Waals surface area (Å²) in [6.07, 6.45) is 3.90. The van der Waals surface area contributed by atoms with Gasteiger partial charge in [0.1, 0.15) is 5.69 Å². The van der Waals surface area contributed by atoms with Crippen LogP contribution < -0.4 is 10.2 Å². The zero-order chi connectivity index (χ0) is 12.3. The van der Waals surface area contributed by atoms with Gasteiger partial charge in [0.25, 0.3) is 5.91 Å². The molecule has 1 fully saturated rings. The summed E-state index contributed by atoms with van der Waals surface area (Å²) < 4.78 is 0. The molecule has 0 spiro atoms. The van der Waals surface area contributed by atoms with Crippen molar-refractivity contribution in [1.29, 1.82) is 0 Å². The smallest absolute Gasteiger partial charge is 0.270 e. The van der Waals surface area contributed by atoms with Crippen LogP contribution in [-0.2, 0) is 0 Å². The van der Waals surface area contributed by atoms with Crippen LogP contribution >= 0.6 is 0 Å². The lowest BCUT2D eigenvalue weighted by atomic mass is 10.2. The van der Waals surface area contributed by atoms with Gasteiger partial charge in [0, 0.05) is 31.0 Å². The van der Waals surface area contributed by atoms with Gasteiger partial charge in [0.05, 0.1) is 0 Å². The Morgan fingerprint density at radius 1 is 1.47 bits per heavy atom. The standard InChI is InChI=1S/C13H19N3O/c1-3-16(4-2)11-7-8-14-12(9-11)13(17)15-10-5-6-10/h7-10H,3-6H2,1-2H3,(H,15,17). The third-order valence-electron chi connectivity index (χ3n) is 3.02. The van der Waals surface area contributed by atoms with Crippen molar-refractivity contribution in [1.82, 2.24) is 10.3 Å². The molecule has 0 atom stereocenters. The van der Waals surface area contributed by atoms with E-state index in [1.54, 1.807) is 6.20 Å². The van der Waals surface area contributed by atoms with Gasteiger partial charge in [-0.2, -0.15) is 0 Å². The van der Waals surface area contributed by atoms with Crippen molar-refractivity contribution >= 4 is 11.6 Å². The van der Waals surface area contributed by atoms with Gasteiger partial charge in [0.15, 0.2) is 0 Å². The molecule has 0 unspecified atom stereocenters. The Balaban J connectivity index is 2.11. The number of rotatable bonds is 5. The Labute approximate surface area is 102 Å². The highest BCUT2D eigenvalue weighted by molar-refractivity contribution is 5.93. The van der Waals surface area contributed by atoms with E-state index in [0.717, 1.165) is 31.6 Å². The van der Waals surface area contributed by atoms with Crippen molar-refractivity contribution in [3.05, 3.63) is 24.0 Å². The number of nitrogens with zero attached hydrogens (tertiary/aromatic N) is 2. The van der Waals surface area contributed by atoms with Gasteiger partial charge in [-0.05, 0) is 38.8 Å². The predicted molar refractivity (Wildman–Crippen MR) is 68.3 cm³/mol. The molecule has 2 rings (SSSR count). The summed E-state index contributed by atoms with van der Waals surface area (Å²) in [5, 5.41) is 2.95. The molecule has 1 aliphatic rings. The van der Waals surface area contributed by atoms with Crippen LogP contribution in [0.25, 0.3) is 0 Å². The highest BCUT2D eigenvalue weighted by atomic mass is 16.2. The maximum Gasteiger partial charge on any atom is 0.270 e. The van der Waals surface area contributed by atoms with Crippen molar-refractivity contribution in [2.24, 2.45) is 0 Å². The lowest BCUT2D eigenvalue weighted by Gasteiger charge is -2.21. The molecule has 17 heavy (non-hydrogen) atoms. The Morgan fingerprint density at radius 3 is 2.76 bits per heavy atom. The predicted octanol–water partition coefficient (Wildman–Crippen LogP) is 1.82. The van der Waals surface area contributed by atoms with E-state index in [1.165, 1.54) is 0 Å². The minimum absolute atomic E-state index is 0.0542. The number of nitrogens with one attached hydrogen (secondary N) is 1. The van der Waals surface area contributed by atoms with Crippen molar-refractivity contribution in [3.8, 4) is 0 Å². The lowest BCUT2D eigenvalue weighted by Crippen LogP contribution is -2.27. The topological polar surface area (TPSA) is 45.2 Å². The molecule has 1 aromatic rings. The number of aromatic nitrogens is 1. The average Bonchev–Trinajstić information content (AvgIpc) is 3.15. The fourth-order valence-corrected chi connectivity index (χ4v) is 1.82. The van der Waals surface area contributed by atoms with E-state index in [1.807, 2.05) is 12.1 Å². The highest BCUT2D eigenvalue weighted by Crippen LogP contribution is 2.20. The Hall–Kier alpha value is -1.58. The van der Waals surface area contributed by atoms with Gasteiger partial charge in [-0.3, -0.25) is 9.78 Å². The number of anilines is 1. The molecule has 0 aromatic carbocycles. The third kappa shape index (κ3) is 2.96. The van der Waals surface area contributed by atoms with Crippen LogP contribution in [-0.4, -0.2) is 30.0 Å². The van der Waals surface area contributed by atoms with E-state index < -0.39 is 0 Å². The molecule has 4 nitrogen and oxygen atoms in total. The number of pyridine rings is 1. The number of amides is 1. The van der Waals surface area contributed by atoms with Gasteiger partial charge in [-0.15, -0.1) is 0 Å². The summed E-state index contributed by atoms with van der Waals surface area (Å²) in [5.41, 5.74) is 1.58. The summed E-state index contributed by atoms with van der Waals surface area (Å²) >= 11 is 0. The first kappa shape index (κ1) is 11.9. The Morgan fingerprint density at radius 2 is 2.18 bits per heavy atom. The molecule has 1 amide bonds. The second-order valence-electron chi connectivity index (χ2n) is 4.32. The minimum atomic E-state index is -0.0542. The molecule has 1 aliphatic carbocycles. The first-order chi connectivity index (χ1) is 8.24. The number of carbonyl (C=O) groups excluding carboxylic acids is 1. The van der Waals surface area contributed by atoms with E-state index in [-0.39, 0.29) is 5.91 Å². The molecule has 0 bridgehead atoms. The summed E-state index contributed by atoms with van der Waals surface area (Å²) in [7, 11) is 0. The zero-order valence-electron chi connectivity index (χ0n) is 10.4. The average molecular weight is 233 g/mol. The second kappa shape index (κ2) is 5.17. The molecule has 1 saturated carbocycles. The molecule has 0 saturated heterocycles. The highest BCUT2D eigenvalue weighted by Gasteiger charge is 2.24. The number of carbonyl (C=O) groups is 1.